The Bertz CT molecular complexity index is 420. The quantitative estimate of drug-likeness (QED) is 0.474. The molecule has 20 heavy (non-hydrogen) atoms. The summed E-state index contributed by atoms with van der Waals surface area (Å²) in [5.41, 5.74) is 2.19. The molecule has 0 spiro atoms. The van der Waals surface area contributed by atoms with E-state index in [0.29, 0.717) is 0 Å². The summed E-state index contributed by atoms with van der Waals surface area (Å²) in [5.74, 6) is 0.530. The average molecular weight is 276 g/mol. The molecule has 1 unspecified atom stereocenters. The zero-order valence-electron chi connectivity index (χ0n) is 13.5. The Hall–Kier alpha value is -1.28. The molecule has 0 aliphatic carbocycles. The first-order chi connectivity index (χ1) is 9.39. The van der Waals surface area contributed by atoms with Crippen LogP contribution in [0.5, 0.6) is 5.75 Å². The van der Waals surface area contributed by atoms with E-state index in [1.165, 1.54) is 0 Å². The second kappa shape index (κ2) is 7.49. The first-order valence-electron chi connectivity index (χ1n) is 7.48. The van der Waals surface area contributed by atoms with Crippen LogP contribution < -0.4 is 4.74 Å². The molecule has 112 valence electrons. The molecular weight excluding hydrogens is 248 g/mol. The van der Waals surface area contributed by atoms with Crippen molar-refractivity contribution in [3.8, 4) is 5.75 Å². The molecule has 1 aromatic rings. The third-order valence-corrected chi connectivity index (χ3v) is 3.60. The highest BCUT2D eigenvalue weighted by molar-refractivity contribution is 5.61. The van der Waals surface area contributed by atoms with Crippen LogP contribution >= 0.6 is 0 Å². The summed E-state index contributed by atoms with van der Waals surface area (Å²) in [4.78, 5) is 0. The molecule has 0 heterocycles. The predicted molar refractivity (Wildman–Crippen MR) is 85.9 cm³/mol. The van der Waals surface area contributed by atoms with Crippen molar-refractivity contribution in [3.05, 3.63) is 36.4 Å². The molecule has 0 radical (unpaired) electrons. The fourth-order valence-corrected chi connectivity index (χ4v) is 1.77. The first-order valence-corrected chi connectivity index (χ1v) is 7.48. The van der Waals surface area contributed by atoms with E-state index >= 15 is 0 Å². The van der Waals surface area contributed by atoms with Crippen molar-refractivity contribution in [1.82, 2.24) is 0 Å². The van der Waals surface area contributed by atoms with E-state index in [1.54, 1.807) is 0 Å². The summed E-state index contributed by atoms with van der Waals surface area (Å²) in [6.45, 7) is 15.1. The van der Waals surface area contributed by atoms with Gasteiger partial charge in [0.25, 0.3) is 0 Å². The molecule has 0 aliphatic rings. The molecule has 0 saturated carbocycles. The summed E-state index contributed by atoms with van der Waals surface area (Å²) in [6.07, 6.45) is 2.18. The van der Waals surface area contributed by atoms with Crippen LogP contribution in [0.25, 0.3) is 5.57 Å². The van der Waals surface area contributed by atoms with Gasteiger partial charge >= 0.3 is 0 Å². The molecule has 0 fully saturated rings. The summed E-state index contributed by atoms with van der Waals surface area (Å²) in [7, 11) is 0. The van der Waals surface area contributed by atoms with Gasteiger partial charge in [0.05, 0.1) is 6.61 Å². The van der Waals surface area contributed by atoms with Crippen molar-refractivity contribution < 1.29 is 9.47 Å². The van der Waals surface area contributed by atoms with E-state index < -0.39 is 5.79 Å². The van der Waals surface area contributed by atoms with E-state index in [-0.39, 0.29) is 5.92 Å². The molecular formula is C18H28O2. The number of rotatable bonds is 8. The summed E-state index contributed by atoms with van der Waals surface area (Å²) < 4.78 is 12.1. The van der Waals surface area contributed by atoms with Crippen molar-refractivity contribution in [2.45, 2.75) is 53.2 Å². The maximum atomic E-state index is 6.09. The fourth-order valence-electron chi connectivity index (χ4n) is 1.77. The lowest BCUT2D eigenvalue weighted by molar-refractivity contribution is -0.198. The van der Waals surface area contributed by atoms with E-state index in [9.17, 15) is 0 Å². The SMILES string of the molecule is C=C(C)c1ccc(OC(C)(OCCCC)C(C)C)cc1. The molecule has 0 saturated heterocycles. The Morgan fingerprint density at radius 2 is 1.85 bits per heavy atom. The Balaban J connectivity index is 2.76. The third-order valence-electron chi connectivity index (χ3n) is 3.60. The molecule has 0 aromatic heterocycles. The summed E-state index contributed by atoms with van der Waals surface area (Å²) in [6, 6.07) is 8.02. The zero-order valence-corrected chi connectivity index (χ0v) is 13.5. The second-order valence-electron chi connectivity index (χ2n) is 5.78. The van der Waals surface area contributed by atoms with Crippen LogP contribution in [-0.4, -0.2) is 12.4 Å². The number of ether oxygens (including phenoxy) is 2. The maximum Gasteiger partial charge on any atom is 0.209 e. The van der Waals surface area contributed by atoms with Crippen LogP contribution in [0.2, 0.25) is 0 Å². The van der Waals surface area contributed by atoms with Gasteiger partial charge in [-0.2, -0.15) is 0 Å². The molecule has 0 N–H and O–H groups in total. The van der Waals surface area contributed by atoms with Crippen LogP contribution in [0.15, 0.2) is 30.8 Å². The largest absolute Gasteiger partial charge is 0.462 e. The normalized spacial score (nSPS) is 14.1. The number of benzene rings is 1. The van der Waals surface area contributed by atoms with E-state index in [1.807, 2.05) is 38.1 Å². The van der Waals surface area contributed by atoms with Crippen LogP contribution in [-0.2, 0) is 4.74 Å². The van der Waals surface area contributed by atoms with Crippen molar-refractivity contribution in [2.75, 3.05) is 6.61 Å². The minimum absolute atomic E-state index is 0.278. The van der Waals surface area contributed by atoms with Crippen molar-refractivity contribution in [1.29, 1.82) is 0 Å². The fraction of sp³-hybridized carbons (Fsp3) is 0.556. The average Bonchev–Trinajstić information content (AvgIpc) is 2.39. The number of hydrogen-bond donors (Lipinski definition) is 0. The van der Waals surface area contributed by atoms with E-state index in [2.05, 4.69) is 27.4 Å². The van der Waals surface area contributed by atoms with Crippen molar-refractivity contribution in [3.63, 3.8) is 0 Å². The topological polar surface area (TPSA) is 18.5 Å². The van der Waals surface area contributed by atoms with Gasteiger partial charge in [-0.3, -0.25) is 0 Å². The lowest BCUT2D eigenvalue weighted by atomic mass is 10.0. The standard InChI is InChI=1S/C18H28O2/c1-7-8-13-19-18(6,15(4)5)20-17-11-9-16(10-12-17)14(2)3/h9-12,15H,2,7-8,13H2,1,3-6H3. The minimum Gasteiger partial charge on any atom is -0.462 e. The number of hydrogen-bond acceptors (Lipinski definition) is 2. The number of allylic oxidation sites excluding steroid dienone is 1. The third kappa shape index (κ3) is 4.68. The predicted octanol–water partition coefficient (Wildman–Crippen LogP) is 5.29. The zero-order chi connectivity index (χ0) is 15.2. The lowest BCUT2D eigenvalue weighted by Crippen LogP contribution is -2.41. The molecule has 0 bridgehead atoms. The lowest BCUT2D eigenvalue weighted by Gasteiger charge is -2.34. The molecule has 1 aromatic carbocycles. The molecule has 1 atom stereocenters. The van der Waals surface area contributed by atoms with E-state index in [0.717, 1.165) is 36.3 Å². The highest BCUT2D eigenvalue weighted by Crippen LogP contribution is 2.27. The van der Waals surface area contributed by atoms with Gasteiger partial charge in [0.15, 0.2) is 0 Å². The van der Waals surface area contributed by atoms with Gasteiger partial charge in [-0.1, -0.05) is 51.5 Å². The maximum absolute atomic E-state index is 6.09. The summed E-state index contributed by atoms with van der Waals surface area (Å²) in [5, 5.41) is 0. The van der Waals surface area contributed by atoms with Crippen molar-refractivity contribution >= 4 is 5.57 Å². The Morgan fingerprint density at radius 3 is 2.30 bits per heavy atom. The van der Waals surface area contributed by atoms with E-state index in [4.69, 9.17) is 9.47 Å². The van der Waals surface area contributed by atoms with Crippen molar-refractivity contribution in [2.24, 2.45) is 5.92 Å². The molecule has 2 heteroatoms. The summed E-state index contributed by atoms with van der Waals surface area (Å²) >= 11 is 0. The minimum atomic E-state index is -0.583. The van der Waals surface area contributed by atoms with Crippen LogP contribution in [0.1, 0.15) is 53.0 Å². The van der Waals surface area contributed by atoms with Crippen LogP contribution in [0.4, 0.5) is 0 Å². The van der Waals surface area contributed by atoms with Gasteiger partial charge in [0.1, 0.15) is 5.75 Å². The molecule has 0 aliphatic heterocycles. The Morgan fingerprint density at radius 1 is 1.25 bits per heavy atom. The molecule has 1 rings (SSSR count). The van der Waals surface area contributed by atoms with Gasteiger partial charge in [0.2, 0.25) is 5.79 Å². The van der Waals surface area contributed by atoms with Gasteiger partial charge in [-0.25, -0.2) is 0 Å². The molecule has 0 amide bonds. The second-order valence-corrected chi connectivity index (χ2v) is 5.78. The van der Waals surface area contributed by atoms with Crippen LogP contribution in [0.3, 0.4) is 0 Å². The monoisotopic (exact) mass is 276 g/mol. The van der Waals surface area contributed by atoms with Gasteiger partial charge in [-0.15, -0.1) is 0 Å². The first kappa shape index (κ1) is 16.8. The highest BCUT2D eigenvalue weighted by atomic mass is 16.7. The van der Waals surface area contributed by atoms with Gasteiger partial charge in [-0.05, 0) is 31.0 Å². The Kier molecular flexibility index (Phi) is 6.28. The van der Waals surface area contributed by atoms with Crippen LogP contribution in [0, 0.1) is 5.92 Å². The highest BCUT2D eigenvalue weighted by Gasteiger charge is 2.31. The molecule has 2 nitrogen and oxygen atoms in total. The van der Waals surface area contributed by atoms with Gasteiger partial charge in [0, 0.05) is 12.8 Å². The Labute approximate surface area is 123 Å². The van der Waals surface area contributed by atoms with Gasteiger partial charge < -0.3 is 9.47 Å². The smallest absolute Gasteiger partial charge is 0.209 e. The number of unbranched alkanes of at least 4 members (excludes halogenated alkanes) is 1.